The molecule has 0 bridgehead atoms. The van der Waals surface area contributed by atoms with Gasteiger partial charge in [-0.2, -0.15) is 0 Å². The van der Waals surface area contributed by atoms with Gasteiger partial charge < -0.3 is 5.32 Å². The van der Waals surface area contributed by atoms with Crippen LogP contribution in [0.2, 0.25) is 0 Å². The molecule has 0 aliphatic carbocycles. The maximum atomic E-state index is 13.4. The summed E-state index contributed by atoms with van der Waals surface area (Å²) in [6.45, 7) is 3.90. The van der Waals surface area contributed by atoms with Crippen molar-refractivity contribution in [3.8, 4) is 0 Å². The van der Waals surface area contributed by atoms with E-state index in [1.165, 1.54) is 6.07 Å². The van der Waals surface area contributed by atoms with E-state index in [0.29, 0.717) is 6.42 Å². The average Bonchev–Trinajstić information content (AvgIpc) is 2.23. The lowest BCUT2D eigenvalue weighted by atomic mass is 10.2. The highest BCUT2D eigenvalue weighted by atomic mass is 19.1. The van der Waals surface area contributed by atoms with Crippen LogP contribution in [0.3, 0.4) is 0 Å². The molecule has 0 aliphatic rings. The number of nitrogens with one attached hydrogen (secondary N) is 1. The number of rotatable bonds is 5. The van der Waals surface area contributed by atoms with Gasteiger partial charge in [-0.3, -0.25) is 4.79 Å². The first kappa shape index (κ1) is 12.7. The molecular weight excluding hydrogens is 205 g/mol. The third-order valence-electron chi connectivity index (χ3n) is 2.41. The van der Waals surface area contributed by atoms with Crippen LogP contribution in [0.25, 0.3) is 0 Å². The maximum absolute atomic E-state index is 13.4. The smallest absolute Gasteiger partial charge is 0.224 e. The van der Waals surface area contributed by atoms with Gasteiger partial charge in [0.1, 0.15) is 5.82 Å². The summed E-state index contributed by atoms with van der Waals surface area (Å²) in [6, 6.07) is 4.80. The number of unbranched alkanes of at least 4 members (excludes halogenated alkanes) is 2. The van der Waals surface area contributed by atoms with Gasteiger partial charge in [0.05, 0.1) is 5.69 Å². The SMILES string of the molecule is CCCCCC(=O)Nc1ccc(C)cc1F. The molecule has 3 heteroatoms. The molecule has 2 nitrogen and oxygen atoms in total. The van der Waals surface area contributed by atoms with E-state index in [1.807, 2.05) is 6.92 Å². The molecular formula is C13H18FNO. The molecule has 0 radical (unpaired) electrons. The van der Waals surface area contributed by atoms with Crippen molar-refractivity contribution < 1.29 is 9.18 Å². The van der Waals surface area contributed by atoms with E-state index in [-0.39, 0.29) is 17.4 Å². The molecule has 0 unspecified atom stereocenters. The summed E-state index contributed by atoms with van der Waals surface area (Å²) in [6.07, 6.45) is 3.42. The van der Waals surface area contributed by atoms with Crippen molar-refractivity contribution in [2.24, 2.45) is 0 Å². The zero-order valence-corrected chi connectivity index (χ0v) is 9.85. The van der Waals surface area contributed by atoms with E-state index in [9.17, 15) is 9.18 Å². The Bertz CT molecular complexity index is 363. The Balaban J connectivity index is 2.49. The second-order valence-corrected chi connectivity index (χ2v) is 3.99. The number of amides is 1. The molecule has 0 fully saturated rings. The molecule has 1 aromatic rings. The van der Waals surface area contributed by atoms with Crippen molar-refractivity contribution in [1.29, 1.82) is 0 Å². The highest BCUT2D eigenvalue weighted by Gasteiger charge is 2.06. The van der Waals surface area contributed by atoms with Crippen LogP contribution in [0.4, 0.5) is 10.1 Å². The highest BCUT2D eigenvalue weighted by Crippen LogP contribution is 2.15. The minimum absolute atomic E-state index is 0.115. The van der Waals surface area contributed by atoms with Gasteiger partial charge in [0, 0.05) is 6.42 Å². The molecule has 0 heterocycles. The fourth-order valence-electron chi connectivity index (χ4n) is 1.47. The van der Waals surface area contributed by atoms with E-state index in [2.05, 4.69) is 12.2 Å². The van der Waals surface area contributed by atoms with Crippen LogP contribution in [0.1, 0.15) is 38.2 Å². The highest BCUT2D eigenvalue weighted by molar-refractivity contribution is 5.90. The molecule has 1 amide bonds. The van der Waals surface area contributed by atoms with Crippen molar-refractivity contribution in [3.63, 3.8) is 0 Å². The summed E-state index contributed by atoms with van der Waals surface area (Å²) in [4.78, 5) is 11.4. The third-order valence-corrected chi connectivity index (χ3v) is 2.41. The molecule has 0 saturated heterocycles. The molecule has 0 saturated carbocycles. The molecule has 0 atom stereocenters. The van der Waals surface area contributed by atoms with E-state index in [1.54, 1.807) is 12.1 Å². The van der Waals surface area contributed by atoms with E-state index in [4.69, 9.17) is 0 Å². The van der Waals surface area contributed by atoms with Gasteiger partial charge in [-0.05, 0) is 31.0 Å². The average molecular weight is 223 g/mol. The van der Waals surface area contributed by atoms with Crippen molar-refractivity contribution in [2.45, 2.75) is 39.5 Å². The van der Waals surface area contributed by atoms with Crippen molar-refractivity contribution in [2.75, 3.05) is 5.32 Å². The lowest BCUT2D eigenvalue weighted by molar-refractivity contribution is -0.116. The van der Waals surface area contributed by atoms with Gasteiger partial charge in [0.25, 0.3) is 0 Å². The molecule has 1 rings (SSSR count). The van der Waals surface area contributed by atoms with Crippen LogP contribution < -0.4 is 5.32 Å². The van der Waals surface area contributed by atoms with Gasteiger partial charge in [0.15, 0.2) is 0 Å². The van der Waals surface area contributed by atoms with Gasteiger partial charge in [0.2, 0.25) is 5.91 Å². The molecule has 88 valence electrons. The largest absolute Gasteiger partial charge is 0.324 e. The molecule has 16 heavy (non-hydrogen) atoms. The number of hydrogen-bond acceptors (Lipinski definition) is 1. The number of carbonyl (C=O) groups excluding carboxylic acids is 1. The van der Waals surface area contributed by atoms with Crippen molar-refractivity contribution >= 4 is 11.6 Å². The van der Waals surface area contributed by atoms with Gasteiger partial charge in [-0.15, -0.1) is 0 Å². The number of carbonyl (C=O) groups is 1. The van der Waals surface area contributed by atoms with E-state index >= 15 is 0 Å². The summed E-state index contributed by atoms with van der Waals surface area (Å²) < 4.78 is 13.4. The normalized spacial score (nSPS) is 10.2. The summed E-state index contributed by atoms with van der Waals surface area (Å²) in [5, 5.41) is 2.58. The monoisotopic (exact) mass is 223 g/mol. The first-order valence-electron chi connectivity index (χ1n) is 5.69. The zero-order chi connectivity index (χ0) is 12.0. The minimum Gasteiger partial charge on any atom is -0.324 e. The summed E-state index contributed by atoms with van der Waals surface area (Å²) >= 11 is 0. The number of halogens is 1. The number of aryl methyl sites for hydroxylation is 1. The zero-order valence-electron chi connectivity index (χ0n) is 9.85. The topological polar surface area (TPSA) is 29.1 Å². The lowest BCUT2D eigenvalue weighted by Crippen LogP contribution is -2.12. The first-order chi connectivity index (χ1) is 7.63. The number of benzene rings is 1. The van der Waals surface area contributed by atoms with Crippen LogP contribution in [-0.4, -0.2) is 5.91 Å². The van der Waals surface area contributed by atoms with Crippen LogP contribution >= 0.6 is 0 Å². The fourth-order valence-corrected chi connectivity index (χ4v) is 1.47. The number of anilines is 1. The van der Waals surface area contributed by atoms with Crippen LogP contribution in [0, 0.1) is 12.7 Å². The second kappa shape index (κ2) is 6.26. The fraction of sp³-hybridized carbons (Fsp3) is 0.462. The van der Waals surface area contributed by atoms with Crippen LogP contribution in [0.15, 0.2) is 18.2 Å². The standard InChI is InChI=1S/C13H18FNO/c1-3-4-5-6-13(16)15-12-8-7-10(2)9-11(12)14/h7-9H,3-6H2,1-2H3,(H,15,16). The Morgan fingerprint density at radius 1 is 1.38 bits per heavy atom. The van der Waals surface area contributed by atoms with E-state index < -0.39 is 0 Å². The molecule has 0 aliphatic heterocycles. The predicted molar refractivity (Wildman–Crippen MR) is 63.9 cm³/mol. The van der Waals surface area contributed by atoms with Crippen molar-refractivity contribution in [1.82, 2.24) is 0 Å². The quantitative estimate of drug-likeness (QED) is 0.758. The molecule has 1 aromatic carbocycles. The van der Waals surface area contributed by atoms with Crippen molar-refractivity contribution in [3.05, 3.63) is 29.6 Å². The first-order valence-corrected chi connectivity index (χ1v) is 5.69. The van der Waals surface area contributed by atoms with E-state index in [0.717, 1.165) is 24.8 Å². The third kappa shape index (κ3) is 4.01. The second-order valence-electron chi connectivity index (χ2n) is 3.99. The van der Waals surface area contributed by atoms with Gasteiger partial charge in [-0.1, -0.05) is 25.8 Å². The Labute approximate surface area is 95.9 Å². The van der Waals surface area contributed by atoms with Gasteiger partial charge in [-0.25, -0.2) is 4.39 Å². The Kier molecular flexibility index (Phi) is 4.96. The summed E-state index contributed by atoms with van der Waals surface area (Å²) in [7, 11) is 0. The summed E-state index contributed by atoms with van der Waals surface area (Å²) in [5.74, 6) is -0.486. The lowest BCUT2D eigenvalue weighted by Gasteiger charge is -2.06. The Hall–Kier alpha value is -1.38. The number of hydrogen-bond donors (Lipinski definition) is 1. The summed E-state index contributed by atoms with van der Waals surface area (Å²) in [5.41, 5.74) is 1.12. The minimum atomic E-state index is -0.371. The maximum Gasteiger partial charge on any atom is 0.224 e. The van der Waals surface area contributed by atoms with Crippen LogP contribution in [0.5, 0.6) is 0 Å². The predicted octanol–water partition coefficient (Wildman–Crippen LogP) is 3.65. The Morgan fingerprint density at radius 2 is 2.12 bits per heavy atom. The Morgan fingerprint density at radius 3 is 2.75 bits per heavy atom. The molecule has 1 N–H and O–H groups in total. The van der Waals surface area contributed by atoms with Gasteiger partial charge >= 0.3 is 0 Å². The van der Waals surface area contributed by atoms with Crippen LogP contribution in [-0.2, 0) is 4.79 Å². The molecule has 0 spiro atoms. The molecule has 0 aromatic heterocycles.